The Hall–Kier alpha value is -1.75. The third-order valence-corrected chi connectivity index (χ3v) is 4.34. The molecule has 0 aliphatic carbocycles. The molecule has 4 nitrogen and oxygen atoms in total. The van der Waals surface area contributed by atoms with Crippen LogP contribution in [0.5, 0.6) is 0 Å². The van der Waals surface area contributed by atoms with E-state index in [2.05, 4.69) is 9.88 Å². The number of aromatic nitrogens is 1. The lowest BCUT2D eigenvalue weighted by atomic mass is 10.0. The van der Waals surface area contributed by atoms with Gasteiger partial charge in [0, 0.05) is 25.8 Å². The number of hydrogen-bond acceptors (Lipinski definition) is 4. The van der Waals surface area contributed by atoms with Gasteiger partial charge in [0.15, 0.2) is 0 Å². The Bertz CT molecular complexity index is 568. The van der Waals surface area contributed by atoms with Gasteiger partial charge in [-0.1, -0.05) is 36.4 Å². The second-order valence-corrected chi connectivity index (χ2v) is 6.06. The number of nitrogens with zero attached hydrogens (tertiary/aromatic N) is 2. The van der Waals surface area contributed by atoms with Crippen molar-refractivity contribution in [1.29, 1.82) is 0 Å². The maximum absolute atomic E-state index is 10.3. The van der Waals surface area contributed by atoms with Crippen LogP contribution in [0.3, 0.4) is 0 Å². The summed E-state index contributed by atoms with van der Waals surface area (Å²) in [5.41, 5.74) is 1.97. The van der Waals surface area contributed by atoms with Gasteiger partial charge < -0.3 is 14.7 Å². The quantitative estimate of drug-likeness (QED) is 0.891. The monoisotopic (exact) mass is 312 g/mol. The van der Waals surface area contributed by atoms with E-state index in [0.717, 1.165) is 37.2 Å². The molecular formula is C19H24N2O2. The van der Waals surface area contributed by atoms with Crippen molar-refractivity contribution in [3.8, 4) is 0 Å². The molecule has 3 rings (SSSR count). The van der Waals surface area contributed by atoms with Crippen molar-refractivity contribution >= 4 is 0 Å². The Balaban J connectivity index is 1.40. The van der Waals surface area contributed by atoms with Gasteiger partial charge in [-0.15, -0.1) is 0 Å². The van der Waals surface area contributed by atoms with E-state index < -0.39 is 6.10 Å². The molecule has 0 saturated carbocycles. The molecule has 1 N–H and O–H groups in total. The average Bonchev–Trinajstić information content (AvgIpc) is 2.63. The minimum atomic E-state index is -0.415. The number of hydrogen-bond donors (Lipinski definition) is 1. The summed E-state index contributed by atoms with van der Waals surface area (Å²) in [7, 11) is 0. The van der Waals surface area contributed by atoms with Gasteiger partial charge in [-0.2, -0.15) is 0 Å². The Kier molecular flexibility index (Phi) is 5.75. The minimum absolute atomic E-state index is 0.294. The Labute approximate surface area is 137 Å². The molecule has 23 heavy (non-hydrogen) atoms. The van der Waals surface area contributed by atoms with Gasteiger partial charge in [0.05, 0.1) is 24.5 Å². The second kappa shape index (κ2) is 8.20. The van der Waals surface area contributed by atoms with E-state index >= 15 is 0 Å². The molecule has 1 atom stereocenters. The summed E-state index contributed by atoms with van der Waals surface area (Å²) in [5.74, 6) is 0. The smallest absolute Gasteiger partial charge is 0.0916 e. The number of piperidine rings is 1. The van der Waals surface area contributed by atoms with Crippen molar-refractivity contribution in [1.82, 2.24) is 9.88 Å². The van der Waals surface area contributed by atoms with Crippen molar-refractivity contribution in [2.24, 2.45) is 0 Å². The highest BCUT2D eigenvalue weighted by atomic mass is 16.5. The number of benzene rings is 1. The van der Waals surface area contributed by atoms with E-state index in [9.17, 15) is 5.11 Å². The Morgan fingerprint density at radius 2 is 1.83 bits per heavy atom. The third kappa shape index (κ3) is 4.86. The summed E-state index contributed by atoms with van der Waals surface area (Å²) < 4.78 is 5.96. The first-order valence-corrected chi connectivity index (χ1v) is 8.28. The summed E-state index contributed by atoms with van der Waals surface area (Å²) in [5, 5.41) is 10.3. The lowest BCUT2D eigenvalue weighted by Gasteiger charge is -2.33. The fourth-order valence-electron chi connectivity index (χ4n) is 2.97. The van der Waals surface area contributed by atoms with E-state index in [1.165, 1.54) is 0 Å². The highest BCUT2D eigenvalue weighted by molar-refractivity contribution is 5.17. The molecule has 1 saturated heterocycles. The summed E-state index contributed by atoms with van der Waals surface area (Å²) in [6.45, 7) is 3.21. The zero-order chi connectivity index (χ0) is 15.9. The van der Waals surface area contributed by atoms with E-state index in [-0.39, 0.29) is 0 Å². The van der Waals surface area contributed by atoms with Crippen molar-refractivity contribution in [3.63, 3.8) is 0 Å². The number of aliphatic hydroxyl groups is 1. The zero-order valence-corrected chi connectivity index (χ0v) is 13.3. The molecule has 1 aromatic carbocycles. The molecule has 1 aromatic heterocycles. The summed E-state index contributed by atoms with van der Waals surface area (Å²) >= 11 is 0. The number of rotatable bonds is 6. The zero-order valence-electron chi connectivity index (χ0n) is 13.3. The summed E-state index contributed by atoms with van der Waals surface area (Å²) in [6, 6.07) is 15.8. The number of β-amino-alcohol motifs (C(OH)–C–C–N with tert-alkyl or cyclic N) is 1. The van der Waals surface area contributed by atoms with Crippen molar-refractivity contribution in [2.75, 3.05) is 19.6 Å². The lowest BCUT2D eigenvalue weighted by Crippen LogP contribution is -2.39. The van der Waals surface area contributed by atoms with Gasteiger partial charge >= 0.3 is 0 Å². The molecule has 0 unspecified atom stereocenters. The molecule has 2 aromatic rings. The predicted octanol–water partition coefficient (Wildman–Crippen LogP) is 2.80. The van der Waals surface area contributed by atoms with Gasteiger partial charge in [-0.05, 0) is 30.5 Å². The first-order chi connectivity index (χ1) is 11.3. The van der Waals surface area contributed by atoms with Gasteiger partial charge in [0.25, 0.3) is 0 Å². The van der Waals surface area contributed by atoms with Crippen molar-refractivity contribution < 1.29 is 9.84 Å². The largest absolute Gasteiger partial charge is 0.387 e. The molecule has 0 radical (unpaired) electrons. The van der Waals surface area contributed by atoms with Crippen LogP contribution in [0.4, 0.5) is 0 Å². The van der Waals surface area contributed by atoms with Crippen molar-refractivity contribution in [2.45, 2.75) is 31.7 Å². The van der Waals surface area contributed by atoms with Crippen LogP contribution in [-0.4, -0.2) is 40.7 Å². The van der Waals surface area contributed by atoms with Crippen LogP contribution < -0.4 is 0 Å². The summed E-state index contributed by atoms with van der Waals surface area (Å²) in [4.78, 5) is 6.60. The molecule has 2 heterocycles. The maximum atomic E-state index is 10.3. The van der Waals surface area contributed by atoms with Crippen LogP contribution >= 0.6 is 0 Å². The van der Waals surface area contributed by atoms with E-state index in [0.29, 0.717) is 19.3 Å². The van der Waals surface area contributed by atoms with Gasteiger partial charge in [-0.25, -0.2) is 0 Å². The Morgan fingerprint density at radius 3 is 2.52 bits per heavy atom. The van der Waals surface area contributed by atoms with Crippen LogP contribution in [0.2, 0.25) is 0 Å². The minimum Gasteiger partial charge on any atom is -0.387 e. The van der Waals surface area contributed by atoms with E-state index in [1.54, 1.807) is 6.20 Å². The highest BCUT2D eigenvalue weighted by Crippen LogP contribution is 2.19. The van der Waals surface area contributed by atoms with E-state index in [4.69, 9.17) is 4.74 Å². The number of likely N-dealkylation sites (tertiary alicyclic amines) is 1. The van der Waals surface area contributed by atoms with Crippen LogP contribution in [0, 0.1) is 0 Å². The van der Waals surface area contributed by atoms with Crippen LogP contribution in [0.15, 0.2) is 54.7 Å². The molecular weight excluding hydrogens is 288 g/mol. The van der Waals surface area contributed by atoms with Gasteiger partial charge in [0.1, 0.15) is 0 Å². The molecule has 122 valence electrons. The normalized spacial score (nSPS) is 18.0. The fourth-order valence-corrected chi connectivity index (χ4v) is 2.97. The second-order valence-electron chi connectivity index (χ2n) is 6.06. The maximum Gasteiger partial charge on any atom is 0.0916 e. The molecule has 1 fully saturated rings. The van der Waals surface area contributed by atoms with Crippen LogP contribution in [0.1, 0.15) is 30.2 Å². The third-order valence-electron chi connectivity index (χ3n) is 4.34. The topological polar surface area (TPSA) is 45.6 Å². The van der Waals surface area contributed by atoms with Gasteiger partial charge in [0.2, 0.25) is 0 Å². The van der Waals surface area contributed by atoms with Crippen LogP contribution in [0.25, 0.3) is 0 Å². The standard InChI is InChI=1S/C19H24N2O2/c22-19(16-6-2-1-3-7-16)14-21-12-9-18(10-13-21)23-15-17-8-4-5-11-20-17/h1-8,11,18-19,22H,9-10,12-15H2/t19-/m0/s1. The lowest BCUT2D eigenvalue weighted by molar-refractivity contribution is -0.0120. The molecule has 1 aliphatic heterocycles. The summed E-state index contributed by atoms with van der Waals surface area (Å²) in [6.07, 6.45) is 3.69. The first-order valence-electron chi connectivity index (χ1n) is 8.28. The Morgan fingerprint density at radius 1 is 1.09 bits per heavy atom. The molecule has 0 amide bonds. The highest BCUT2D eigenvalue weighted by Gasteiger charge is 2.22. The van der Waals surface area contributed by atoms with E-state index in [1.807, 2.05) is 48.5 Å². The average molecular weight is 312 g/mol. The fraction of sp³-hybridized carbons (Fsp3) is 0.421. The molecule has 1 aliphatic rings. The molecule has 0 spiro atoms. The van der Waals surface area contributed by atoms with Crippen LogP contribution in [-0.2, 0) is 11.3 Å². The molecule has 0 bridgehead atoms. The first kappa shape index (κ1) is 16.1. The van der Waals surface area contributed by atoms with Crippen molar-refractivity contribution in [3.05, 3.63) is 66.0 Å². The predicted molar refractivity (Wildman–Crippen MR) is 89.9 cm³/mol. The molecule has 4 heteroatoms. The number of ether oxygens (including phenoxy) is 1. The number of pyridine rings is 1. The number of aliphatic hydroxyl groups excluding tert-OH is 1. The van der Waals surface area contributed by atoms with Gasteiger partial charge in [-0.3, -0.25) is 4.98 Å². The SMILES string of the molecule is O[C@@H](CN1CCC(OCc2ccccn2)CC1)c1ccccc1.